The molecule has 2 aromatic carbocycles. The SMILES string of the molecule is COc1cccc(-n2nnnc2C2(Nc3cccc(C)c3)CCC(C)CC2)c1. The number of nitrogens with zero attached hydrogens (tertiary/aromatic N) is 4. The highest BCUT2D eigenvalue weighted by Gasteiger charge is 2.41. The fraction of sp³-hybridized carbons (Fsp3) is 0.409. The maximum absolute atomic E-state index is 5.39. The minimum atomic E-state index is -0.299. The lowest BCUT2D eigenvalue weighted by Gasteiger charge is -2.39. The lowest BCUT2D eigenvalue weighted by molar-refractivity contribution is 0.255. The van der Waals surface area contributed by atoms with Gasteiger partial charge < -0.3 is 10.1 Å². The normalized spacial score (nSPS) is 22.0. The molecular weight excluding hydrogens is 350 g/mol. The topological polar surface area (TPSA) is 64.9 Å². The highest BCUT2D eigenvalue weighted by Crippen LogP contribution is 2.41. The van der Waals surface area contributed by atoms with Gasteiger partial charge in [0.2, 0.25) is 0 Å². The summed E-state index contributed by atoms with van der Waals surface area (Å²) < 4.78 is 7.24. The summed E-state index contributed by atoms with van der Waals surface area (Å²) in [5, 5.41) is 16.6. The quantitative estimate of drug-likeness (QED) is 0.709. The molecule has 0 bridgehead atoms. The predicted octanol–water partition coefficient (Wildman–Crippen LogP) is 4.50. The van der Waals surface area contributed by atoms with Crippen LogP contribution in [0.3, 0.4) is 0 Å². The molecule has 3 aromatic rings. The largest absolute Gasteiger partial charge is 0.497 e. The molecule has 1 aliphatic rings. The standard InChI is InChI=1S/C22H27N5O/c1-16-10-12-22(13-11-16,23-18-7-4-6-17(2)14-18)21-24-25-26-27(21)19-8-5-9-20(15-19)28-3/h4-9,14-16,23H,10-13H2,1-3H3. The van der Waals surface area contributed by atoms with Crippen LogP contribution >= 0.6 is 0 Å². The number of hydrogen-bond donors (Lipinski definition) is 1. The van der Waals surface area contributed by atoms with Crippen LogP contribution in [-0.4, -0.2) is 27.3 Å². The third kappa shape index (κ3) is 3.59. The summed E-state index contributed by atoms with van der Waals surface area (Å²) in [4.78, 5) is 0. The monoisotopic (exact) mass is 377 g/mol. The maximum atomic E-state index is 5.39. The van der Waals surface area contributed by atoms with Crippen LogP contribution in [0.2, 0.25) is 0 Å². The number of ether oxygens (including phenoxy) is 1. The second-order valence-electron chi connectivity index (χ2n) is 7.87. The number of rotatable bonds is 5. The van der Waals surface area contributed by atoms with Crippen LogP contribution in [0.1, 0.15) is 44.0 Å². The van der Waals surface area contributed by atoms with E-state index in [9.17, 15) is 0 Å². The van der Waals surface area contributed by atoms with Gasteiger partial charge in [-0.25, -0.2) is 0 Å². The molecule has 4 rings (SSSR count). The van der Waals surface area contributed by atoms with E-state index in [0.717, 1.165) is 48.6 Å². The van der Waals surface area contributed by atoms with Gasteiger partial charge in [-0.1, -0.05) is 25.1 Å². The summed E-state index contributed by atoms with van der Waals surface area (Å²) in [5.41, 5.74) is 2.95. The number of aryl methyl sites for hydroxylation is 1. The number of benzene rings is 2. The van der Waals surface area contributed by atoms with Gasteiger partial charge >= 0.3 is 0 Å². The average molecular weight is 377 g/mol. The number of aromatic nitrogens is 4. The van der Waals surface area contributed by atoms with Gasteiger partial charge in [-0.2, -0.15) is 4.68 Å². The molecule has 1 aromatic heterocycles. The third-order valence-electron chi connectivity index (χ3n) is 5.72. The number of tetrazole rings is 1. The molecule has 1 aliphatic carbocycles. The maximum Gasteiger partial charge on any atom is 0.181 e. The molecule has 0 amide bonds. The Kier molecular flexibility index (Phi) is 5.03. The van der Waals surface area contributed by atoms with Gasteiger partial charge in [0.1, 0.15) is 5.75 Å². The molecule has 6 heteroatoms. The van der Waals surface area contributed by atoms with Crippen molar-refractivity contribution in [2.75, 3.05) is 12.4 Å². The van der Waals surface area contributed by atoms with E-state index in [1.807, 2.05) is 28.9 Å². The van der Waals surface area contributed by atoms with Crippen molar-refractivity contribution in [3.63, 3.8) is 0 Å². The Morgan fingerprint density at radius 3 is 2.64 bits per heavy atom. The summed E-state index contributed by atoms with van der Waals surface area (Å²) in [6.07, 6.45) is 4.27. The van der Waals surface area contributed by atoms with E-state index in [1.54, 1.807) is 7.11 Å². The van der Waals surface area contributed by atoms with Gasteiger partial charge in [-0.15, -0.1) is 5.10 Å². The summed E-state index contributed by atoms with van der Waals surface area (Å²) in [7, 11) is 1.67. The second-order valence-corrected chi connectivity index (χ2v) is 7.87. The lowest BCUT2D eigenvalue weighted by Crippen LogP contribution is -2.41. The van der Waals surface area contributed by atoms with Crippen LogP contribution in [0.15, 0.2) is 48.5 Å². The van der Waals surface area contributed by atoms with E-state index in [1.165, 1.54) is 5.56 Å². The first-order chi connectivity index (χ1) is 13.6. The van der Waals surface area contributed by atoms with Crippen LogP contribution in [0, 0.1) is 12.8 Å². The van der Waals surface area contributed by atoms with E-state index in [2.05, 4.69) is 59.0 Å². The molecule has 1 saturated carbocycles. The highest BCUT2D eigenvalue weighted by atomic mass is 16.5. The van der Waals surface area contributed by atoms with Gasteiger partial charge in [0.25, 0.3) is 0 Å². The Morgan fingerprint density at radius 1 is 1.11 bits per heavy atom. The number of anilines is 1. The van der Waals surface area contributed by atoms with Gasteiger partial charge in [-0.3, -0.25) is 0 Å². The van der Waals surface area contributed by atoms with Crippen LogP contribution in [-0.2, 0) is 5.54 Å². The zero-order chi connectivity index (χ0) is 19.6. The van der Waals surface area contributed by atoms with Crippen LogP contribution in [0.25, 0.3) is 5.69 Å². The molecule has 0 unspecified atom stereocenters. The van der Waals surface area contributed by atoms with E-state index in [-0.39, 0.29) is 5.54 Å². The summed E-state index contributed by atoms with van der Waals surface area (Å²) in [5.74, 6) is 2.36. The zero-order valence-corrected chi connectivity index (χ0v) is 16.7. The Morgan fingerprint density at radius 2 is 1.89 bits per heavy atom. The van der Waals surface area contributed by atoms with Crippen molar-refractivity contribution in [2.24, 2.45) is 5.92 Å². The Bertz CT molecular complexity index is 943. The van der Waals surface area contributed by atoms with E-state index in [4.69, 9.17) is 4.74 Å². The molecule has 0 radical (unpaired) electrons. The Hall–Kier alpha value is -2.89. The number of methoxy groups -OCH3 is 1. The van der Waals surface area contributed by atoms with Crippen LogP contribution < -0.4 is 10.1 Å². The van der Waals surface area contributed by atoms with Gasteiger partial charge in [0.05, 0.1) is 18.3 Å². The third-order valence-corrected chi connectivity index (χ3v) is 5.72. The minimum absolute atomic E-state index is 0.299. The number of nitrogens with one attached hydrogen (secondary N) is 1. The Balaban J connectivity index is 1.77. The minimum Gasteiger partial charge on any atom is -0.497 e. The molecule has 0 spiro atoms. The highest BCUT2D eigenvalue weighted by molar-refractivity contribution is 5.49. The fourth-order valence-corrected chi connectivity index (χ4v) is 4.06. The molecule has 1 N–H and O–H groups in total. The molecule has 0 saturated heterocycles. The number of hydrogen-bond acceptors (Lipinski definition) is 5. The lowest BCUT2D eigenvalue weighted by atomic mass is 9.76. The predicted molar refractivity (Wildman–Crippen MR) is 110 cm³/mol. The van der Waals surface area contributed by atoms with Crippen molar-refractivity contribution in [1.29, 1.82) is 0 Å². The van der Waals surface area contributed by atoms with Gasteiger partial charge in [0, 0.05) is 11.8 Å². The molecule has 1 fully saturated rings. The summed E-state index contributed by atoms with van der Waals surface area (Å²) in [6.45, 7) is 4.43. The van der Waals surface area contributed by atoms with Crippen molar-refractivity contribution in [1.82, 2.24) is 20.2 Å². The molecule has 28 heavy (non-hydrogen) atoms. The first-order valence-corrected chi connectivity index (χ1v) is 9.88. The van der Waals surface area contributed by atoms with Crippen molar-refractivity contribution in [2.45, 2.75) is 45.1 Å². The van der Waals surface area contributed by atoms with Crippen molar-refractivity contribution < 1.29 is 4.74 Å². The van der Waals surface area contributed by atoms with Crippen molar-refractivity contribution >= 4 is 5.69 Å². The molecule has 146 valence electrons. The Labute approximate surface area is 165 Å². The smallest absolute Gasteiger partial charge is 0.181 e. The molecule has 6 nitrogen and oxygen atoms in total. The average Bonchev–Trinajstić information content (AvgIpc) is 3.21. The first kappa shape index (κ1) is 18.5. The van der Waals surface area contributed by atoms with Crippen LogP contribution in [0.5, 0.6) is 5.75 Å². The molecule has 0 atom stereocenters. The van der Waals surface area contributed by atoms with E-state index < -0.39 is 0 Å². The molecular formula is C22H27N5O. The molecule has 0 aliphatic heterocycles. The first-order valence-electron chi connectivity index (χ1n) is 9.88. The van der Waals surface area contributed by atoms with Crippen molar-refractivity contribution in [3.05, 3.63) is 59.9 Å². The second kappa shape index (κ2) is 7.62. The van der Waals surface area contributed by atoms with Crippen molar-refractivity contribution in [3.8, 4) is 11.4 Å². The van der Waals surface area contributed by atoms with Crippen LogP contribution in [0.4, 0.5) is 5.69 Å². The summed E-state index contributed by atoms with van der Waals surface area (Å²) >= 11 is 0. The van der Waals surface area contributed by atoms with E-state index in [0.29, 0.717) is 5.92 Å². The molecule has 1 heterocycles. The fourth-order valence-electron chi connectivity index (χ4n) is 4.06. The zero-order valence-electron chi connectivity index (χ0n) is 16.7. The summed E-state index contributed by atoms with van der Waals surface area (Å²) in [6, 6.07) is 16.4. The van der Waals surface area contributed by atoms with E-state index >= 15 is 0 Å². The van der Waals surface area contributed by atoms with Gasteiger partial charge in [-0.05, 0) is 78.8 Å². The van der Waals surface area contributed by atoms with Gasteiger partial charge in [0.15, 0.2) is 5.82 Å².